The lowest BCUT2D eigenvalue weighted by Crippen LogP contribution is -1.98. The zero-order chi connectivity index (χ0) is 14.6. The zero-order valence-electron chi connectivity index (χ0n) is 10.5. The van der Waals surface area contributed by atoms with Gasteiger partial charge in [-0.05, 0) is 17.7 Å². The Bertz CT molecular complexity index is 742. The largest absolute Gasteiger partial charge is 0.325 e. The third-order valence-corrected chi connectivity index (χ3v) is 3.60. The van der Waals surface area contributed by atoms with Crippen molar-refractivity contribution in [3.05, 3.63) is 53.0 Å². The third-order valence-electron chi connectivity index (χ3n) is 2.28. The number of oxime groups is 1. The van der Waals surface area contributed by atoms with E-state index in [1.807, 2.05) is 30.3 Å². The standard InChI is InChI=1S/C13H10N2O3S2/c1-20(16,17)18-15-13-8-7-12(19-13)11(9-14)10-5-3-2-4-6-10/h2-8H,1H3. The molecule has 0 unspecified atom stereocenters. The van der Waals surface area contributed by atoms with Crippen LogP contribution in [0.2, 0.25) is 0 Å². The monoisotopic (exact) mass is 306 g/mol. The summed E-state index contributed by atoms with van der Waals surface area (Å²) in [4.78, 5) is 0.703. The van der Waals surface area contributed by atoms with E-state index in [1.54, 1.807) is 12.2 Å². The number of rotatable bonds is 3. The molecule has 0 aliphatic carbocycles. The van der Waals surface area contributed by atoms with E-state index < -0.39 is 10.1 Å². The first kappa shape index (κ1) is 14.4. The molecule has 0 spiro atoms. The van der Waals surface area contributed by atoms with Gasteiger partial charge >= 0.3 is 10.1 Å². The first-order valence-electron chi connectivity index (χ1n) is 5.52. The van der Waals surface area contributed by atoms with E-state index in [4.69, 9.17) is 0 Å². The maximum atomic E-state index is 10.9. The highest BCUT2D eigenvalue weighted by atomic mass is 32.2. The molecule has 5 nitrogen and oxygen atoms in total. The predicted molar refractivity (Wildman–Crippen MR) is 79.1 cm³/mol. The first-order chi connectivity index (χ1) is 9.49. The molecule has 0 bridgehead atoms. The van der Waals surface area contributed by atoms with Crippen LogP contribution in [0.4, 0.5) is 0 Å². The number of nitriles is 1. The average molecular weight is 306 g/mol. The lowest BCUT2D eigenvalue weighted by molar-refractivity contribution is 0.345. The molecule has 0 N–H and O–H groups in total. The van der Waals surface area contributed by atoms with Crippen LogP contribution < -0.4 is 0 Å². The molecule has 0 fully saturated rings. The van der Waals surface area contributed by atoms with Gasteiger partial charge in [0.05, 0.1) is 11.8 Å². The van der Waals surface area contributed by atoms with E-state index in [9.17, 15) is 13.7 Å². The molecule has 0 atom stereocenters. The zero-order valence-corrected chi connectivity index (χ0v) is 12.1. The topological polar surface area (TPSA) is 79.5 Å². The summed E-state index contributed by atoms with van der Waals surface area (Å²) in [6, 6.07) is 11.4. The van der Waals surface area contributed by atoms with E-state index in [-0.39, 0.29) is 0 Å². The Labute approximate surface area is 121 Å². The normalized spacial score (nSPS) is 18.9. The van der Waals surface area contributed by atoms with Crippen LogP contribution in [0.15, 0.2) is 52.5 Å². The number of hydrogen-bond donors (Lipinski definition) is 0. The Hall–Kier alpha value is -2.04. The first-order valence-corrected chi connectivity index (χ1v) is 8.15. The molecule has 1 aromatic carbocycles. The highest BCUT2D eigenvalue weighted by Crippen LogP contribution is 2.33. The molecule has 0 saturated heterocycles. The summed E-state index contributed by atoms with van der Waals surface area (Å²) in [6.07, 6.45) is 4.23. The molecule has 0 radical (unpaired) electrons. The highest BCUT2D eigenvalue weighted by Gasteiger charge is 2.16. The number of thioether (sulfide) groups is 1. The van der Waals surface area contributed by atoms with Crippen molar-refractivity contribution in [1.82, 2.24) is 0 Å². The minimum absolute atomic E-state index is 0.383. The van der Waals surface area contributed by atoms with Gasteiger partial charge in [0, 0.05) is 4.91 Å². The summed E-state index contributed by atoms with van der Waals surface area (Å²) in [5.41, 5.74) is 1.31. The van der Waals surface area contributed by atoms with E-state index in [1.165, 1.54) is 11.8 Å². The second-order valence-electron chi connectivity index (χ2n) is 3.86. The summed E-state index contributed by atoms with van der Waals surface area (Å²) in [7, 11) is -3.62. The summed E-state index contributed by atoms with van der Waals surface area (Å²) in [5, 5.41) is 13.2. The number of benzene rings is 1. The van der Waals surface area contributed by atoms with Crippen LogP contribution in [0.25, 0.3) is 5.57 Å². The molecule has 102 valence electrons. The fourth-order valence-corrected chi connectivity index (χ4v) is 2.58. The minimum Gasteiger partial charge on any atom is -0.268 e. The van der Waals surface area contributed by atoms with Crippen molar-refractivity contribution in [2.75, 3.05) is 6.26 Å². The molecule has 0 saturated carbocycles. The van der Waals surface area contributed by atoms with Crippen molar-refractivity contribution in [3.8, 4) is 6.07 Å². The van der Waals surface area contributed by atoms with Gasteiger partial charge in [0.25, 0.3) is 0 Å². The van der Waals surface area contributed by atoms with Gasteiger partial charge in [-0.25, -0.2) is 0 Å². The quantitative estimate of drug-likeness (QED) is 0.633. The van der Waals surface area contributed by atoms with E-state index in [0.717, 1.165) is 11.8 Å². The van der Waals surface area contributed by atoms with Crippen LogP contribution in [0.3, 0.4) is 0 Å². The van der Waals surface area contributed by atoms with Crippen molar-refractivity contribution < 1.29 is 12.7 Å². The van der Waals surface area contributed by atoms with Gasteiger partial charge in [0.1, 0.15) is 11.1 Å². The molecular weight excluding hydrogens is 296 g/mol. The SMILES string of the molecule is CS(=O)(=O)ON=C1C=CC(=C(C#N)c2ccccc2)S1. The van der Waals surface area contributed by atoms with Crippen LogP contribution in [0.1, 0.15) is 5.56 Å². The Morgan fingerprint density at radius 3 is 2.60 bits per heavy atom. The van der Waals surface area contributed by atoms with Crippen LogP contribution in [-0.4, -0.2) is 19.7 Å². The van der Waals surface area contributed by atoms with E-state index in [2.05, 4.69) is 15.5 Å². The van der Waals surface area contributed by atoms with Crippen molar-refractivity contribution in [2.45, 2.75) is 0 Å². The van der Waals surface area contributed by atoms with Crippen molar-refractivity contribution in [2.24, 2.45) is 5.16 Å². The molecule has 0 amide bonds. The lowest BCUT2D eigenvalue weighted by Gasteiger charge is -2.01. The van der Waals surface area contributed by atoms with Gasteiger partial charge in [-0.15, -0.1) is 0 Å². The van der Waals surface area contributed by atoms with E-state index in [0.29, 0.717) is 15.5 Å². The second kappa shape index (κ2) is 5.94. The second-order valence-corrected chi connectivity index (χ2v) is 6.48. The fourth-order valence-electron chi connectivity index (χ4n) is 1.48. The third kappa shape index (κ3) is 3.73. The fraction of sp³-hybridized carbons (Fsp3) is 0.0769. The predicted octanol–water partition coefficient (Wildman–Crippen LogP) is 2.51. The van der Waals surface area contributed by atoms with Crippen molar-refractivity contribution in [1.29, 1.82) is 5.26 Å². The van der Waals surface area contributed by atoms with Crippen LogP contribution in [-0.2, 0) is 14.4 Å². The summed E-state index contributed by atoms with van der Waals surface area (Å²) in [5.74, 6) is 0. The molecule has 1 aromatic rings. The summed E-state index contributed by atoms with van der Waals surface area (Å²) >= 11 is 1.19. The van der Waals surface area contributed by atoms with Gasteiger partial charge in [0.15, 0.2) is 0 Å². The molecule has 1 heterocycles. The molecule has 1 aliphatic heterocycles. The van der Waals surface area contributed by atoms with Crippen LogP contribution >= 0.6 is 11.8 Å². The van der Waals surface area contributed by atoms with Crippen LogP contribution in [0.5, 0.6) is 0 Å². The maximum Gasteiger partial charge on any atom is 0.325 e. The van der Waals surface area contributed by atoms with Gasteiger partial charge in [-0.3, -0.25) is 4.28 Å². The Balaban J connectivity index is 2.26. The Morgan fingerprint density at radius 2 is 2.00 bits per heavy atom. The molecule has 0 aromatic heterocycles. The summed E-state index contributed by atoms with van der Waals surface area (Å²) in [6.45, 7) is 0. The average Bonchev–Trinajstić information content (AvgIpc) is 2.87. The smallest absolute Gasteiger partial charge is 0.268 e. The molecular formula is C13H10N2O3S2. The molecule has 2 rings (SSSR count). The molecule has 1 aliphatic rings. The molecule has 7 heteroatoms. The Morgan fingerprint density at radius 1 is 1.30 bits per heavy atom. The van der Waals surface area contributed by atoms with Gasteiger partial charge in [-0.1, -0.05) is 47.2 Å². The van der Waals surface area contributed by atoms with E-state index >= 15 is 0 Å². The highest BCUT2D eigenvalue weighted by molar-refractivity contribution is 8.18. The number of hydrogen-bond acceptors (Lipinski definition) is 6. The lowest BCUT2D eigenvalue weighted by atomic mass is 10.1. The Kier molecular flexibility index (Phi) is 4.27. The summed E-state index contributed by atoms with van der Waals surface area (Å²) < 4.78 is 26.1. The number of nitrogens with zero attached hydrogens (tertiary/aromatic N) is 2. The minimum atomic E-state index is -3.62. The van der Waals surface area contributed by atoms with Gasteiger partial charge in [0.2, 0.25) is 0 Å². The van der Waals surface area contributed by atoms with Crippen molar-refractivity contribution in [3.63, 3.8) is 0 Å². The van der Waals surface area contributed by atoms with Gasteiger partial charge < -0.3 is 0 Å². The van der Waals surface area contributed by atoms with Crippen LogP contribution in [0, 0.1) is 11.3 Å². The number of allylic oxidation sites excluding steroid dienone is 2. The van der Waals surface area contributed by atoms with Crippen molar-refractivity contribution >= 4 is 32.5 Å². The van der Waals surface area contributed by atoms with Gasteiger partial charge in [-0.2, -0.15) is 13.7 Å². The molecule has 20 heavy (non-hydrogen) atoms. The maximum absolute atomic E-state index is 10.9.